The summed E-state index contributed by atoms with van der Waals surface area (Å²) in [5.41, 5.74) is 0.885. The van der Waals surface area contributed by atoms with Crippen LogP contribution in [0.1, 0.15) is 35.2 Å². The molecular weight excluding hydrogens is 330 g/mol. The summed E-state index contributed by atoms with van der Waals surface area (Å²) in [7, 11) is 0. The van der Waals surface area contributed by atoms with Gasteiger partial charge in [0.2, 0.25) is 6.79 Å². The van der Waals surface area contributed by atoms with Gasteiger partial charge in [-0.3, -0.25) is 9.69 Å². The maximum Gasteiger partial charge on any atom is 0.230 e. The van der Waals surface area contributed by atoms with Gasteiger partial charge in [-0.25, -0.2) is 0 Å². The third-order valence-electron chi connectivity index (χ3n) is 5.24. The van der Waals surface area contributed by atoms with Crippen LogP contribution in [0, 0.1) is 0 Å². The fraction of sp³-hybridized carbons (Fsp3) is 0.381. The quantitative estimate of drug-likeness (QED) is 0.838. The van der Waals surface area contributed by atoms with Gasteiger partial charge < -0.3 is 14.6 Å². The lowest BCUT2D eigenvalue weighted by molar-refractivity contribution is -0.0243. The normalized spacial score (nSPS) is 18.7. The van der Waals surface area contributed by atoms with E-state index in [9.17, 15) is 9.90 Å². The Hall–Kier alpha value is -2.37. The van der Waals surface area contributed by atoms with Crippen LogP contribution >= 0.6 is 0 Å². The lowest BCUT2D eigenvalue weighted by atomic mass is 9.85. The van der Waals surface area contributed by atoms with Crippen molar-refractivity contribution in [3.8, 4) is 11.5 Å². The van der Waals surface area contributed by atoms with Gasteiger partial charge in [-0.1, -0.05) is 36.4 Å². The Morgan fingerprint density at radius 3 is 2.62 bits per heavy atom. The van der Waals surface area contributed by atoms with Crippen LogP contribution in [0.3, 0.4) is 0 Å². The van der Waals surface area contributed by atoms with Crippen molar-refractivity contribution in [3.63, 3.8) is 0 Å². The third-order valence-corrected chi connectivity index (χ3v) is 5.24. The zero-order valence-electron chi connectivity index (χ0n) is 14.7. The van der Waals surface area contributed by atoms with E-state index in [4.69, 9.17) is 9.47 Å². The topological polar surface area (TPSA) is 59.0 Å². The van der Waals surface area contributed by atoms with Gasteiger partial charge in [0.25, 0.3) is 0 Å². The van der Waals surface area contributed by atoms with Crippen LogP contribution in [0.25, 0.3) is 0 Å². The molecule has 0 spiro atoms. The van der Waals surface area contributed by atoms with Gasteiger partial charge in [-0.2, -0.15) is 0 Å². The number of ketones is 1. The Morgan fingerprint density at radius 1 is 1.08 bits per heavy atom. The second kappa shape index (κ2) is 7.09. The second-order valence-electron chi connectivity index (χ2n) is 7.14. The summed E-state index contributed by atoms with van der Waals surface area (Å²) in [5, 5.41) is 10.8. The van der Waals surface area contributed by atoms with E-state index in [1.807, 2.05) is 36.4 Å². The fourth-order valence-corrected chi connectivity index (χ4v) is 3.62. The highest BCUT2D eigenvalue weighted by molar-refractivity contribution is 5.96. The van der Waals surface area contributed by atoms with E-state index in [0.29, 0.717) is 18.4 Å². The predicted octanol–water partition coefficient (Wildman–Crippen LogP) is 3.02. The zero-order valence-corrected chi connectivity index (χ0v) is 14.7. The molecule has 4 rings (SSSR count). The van der Waals surface area contributed by atoms with Crippen molar-refractivity contribution >= 4 is 5.78 Å². The van der Waals surface area contributed by atoms with Crippen LogP contribution in [-0.2, 0) is 6.54 Å². The summed E-state index contributed by atoms with van der Waals surface area (Å²) in [6.07, 6.45) is 1.39. The average Bonchev–Trinajstić information content (AvgIpc) is 2.67. The molecule has 1 fully saturated rings. The number of fused-ring (bicyclic) bond motifs is 2. The highest BCUT2D eigenvalue weighted by atomic mass is 16.7. The molecule has 136 valence electrons. The lowest BCUT2D eigenvalue weighted by Crippen LogP contribution is -2.45. The molecule has 0 saturated carbocycles. The van der Waals surface area contributed by atoms with Crippen molar-refractivity contribution in [1.82, 2.24) is 4.90 Å². The monoisotopic (exact) mass is 353 g/mol. The number of benzene rings is 2. The van der Waals surface area contributed by atoms with Crippen molar-refractivity contribution in [2.75, 3.05) is 19.9 Å². The molecule has 0 atom stereocenters. The summed E-state index contributed by atoms with van der Waals surface area (Å²) < 4.78 is 10.9. The Labute approximate surface area is 153 Å². The molecule has 1 saturated heterocycles. The SMILES string of the molecule is O=C(CC1(O)CCN(Cc2ccc3cc2OCO3)CC1)c1ccccc1. The molecule has 2 aromatic carbocycles. The molecule has 2 aliphatic heterocycles. The summed E-state index contributed by atoms with van der Waals surface area (Å²) >= 11 is 0. The standard InChI is InChI=1S/C21H23NO4/c23-19(16-4-2-1-3-5-16)13-21(24)8-10-22(11-9-21)14-17-6-7-18-12-20(17)26-15-25-18/h1-7,12,24H,8-11,13-15H2. The van der Waals surface area contributed by atoms with Gasteiger partial charge in [-0.15, -0.1) is 0 Å². The number of hydrogen-bond donors (Lipinski definition) is 1. The van der Waals surface area contributed by atoms with E-state index < -0.39 is 5.60 Å². The Balaban J connectivity index is 1.34. The molecule has 5 nitrogen and oxygen atoms in total. The number of rotatable bonds is 5. The molecule has 2 aromatic rings. The van der Waals surface area contributed by atoms with Gasteiger partial charge in [0.15, 0.2) is 5.78 Å². The number of Topliss-reactive ketones (excluding diaryl/α,β-unsaturated/α-hetero) is 1. The first kappa shape index (κ1) is 17.1. The van der Waals surface area contributed by atoms with E-state index in [-0.39, 0.29) is 19.0 Å². The van der Waals surface area contributed by atoms with E-state index in [1.165, 1.54) is 0 Å². The predicted molar refractivity (Wildman–Crippen MR) is 97.4 cm³/mol. The van der Waals surface area contributed by atoms with Crippen molar-refractivity contribution in [1.29, 1.82) is 0 Å². The maximum atomic E-state index is 12.4. The summed E-state index contributed by atoms with van der Waals surface area (Å²) in [4.78, 5) is 14.7. The first-order valence-corrected chi connectivity index (χ1v) is 9.03. The Kier molecular flexibility index (Phi) is 4.66. The number of nitrogens with zero attached hydrogens (tertiary/aromatic N) is 1. The van der Waals surface area contributed by atoms with Crippen LogP contribution < -0.4 is 9.47 Å². The van der Waals surface area contributed by atoms with Crippen molar-refractivity contribution in [2.45, 2.75) is 31.4 Å². The molecule has 2 aliphatic rings. The van der Waals surface area contributed by atoms with Crippen LogP contribution in [0.2, 0.25) is 0 Å². The molecule has 1 N–H and O–H groups in total. The Bertz CT molecular complexity index is 782. The van der Waals surface area contributed by atoms with Crippen molar-refractivity contribution in [2.24, 2.45) is 0 Å². The highest BCUT2D eigenvalue weighted by Crippen LogP contribution is 2.32. The lowest BCUT2D eigenvalue weighted by Gasteiger charge is -2.38. The van der Waals surface area contributed by atoms with Crippen molar-refractivity contribution < 1.29 is 19.4 Å². The molecule has 0 aliphatic carbocycles. The van der Waals surface area contributed by atoms with Gasteiger partial charge in [0, 0.05) is 43.2 Å². The van der Waals surface area contributed by atoms with E-state index >= 15 is 0 Å². The Morgan fingerprint density at radius 2 is 1.85 bits per heavy atom. The molecular formula is C21H23NO4. The van der Waals surface area contributed by atoms with E-state index in [1.54, 1.807) is 12.1 Å². The van der Waals surface area contributed by atoms with Gasteiger partial charge in [-0.05, 0) is 18.9 Å². The number of carbonyl (C=O) groups is 1. The van der Waals surface area contributed by atoms with Gasteiger partial charge in [0.1, 0.15) is 11.5 Å². The average molecular weight is 353 g/mol. The largest absolute Gasteiger partial charge is 0.457 e. The number of carbonyl (C=O) groups excluding carboxylic acids is 1. The molecule has 2 bridgehead atoms. The maximum absolute atomic E-state index is 12.4. The van der Waals surface area contributed by atoms with Crippen LogP contribution in [0.15, 0.2) is 48.5 Å². The number of hydrogen-bond acceptors (Lipinski definition) is 5. The molecule has 2 heterocycles. The van der Waals surface area contributed by atoms with Crippen LogP contribution in [-0.4, -0.2) is 41.3 Å². The third kappa shape index (κ3) is 3.74. The molecule has 0 amide bonds. The van der Waals surface area contributed by atoms with E-state index in [0.717, 1.165) is 36.7 Å². The molecule has 0 radical (unpaired) electrons. The number of ether oxygens (including phenoxy) is 2. The number of aliphatic hydroxyl groups is 1. The first-order chi connectivity index (χ1) is 12.6. The second-order valence-corrected chi connectivity index (χ2v) is 7.14. The zero-order chi connectivity index (χ0) is 18.0. The van der Waals surface area contributed by atoms with Gasteiger partial charge >= 0.3 is 0 Å². The van der Waals surface area contributed by atoms with Crippen molar-refractivity contribution in [3.05, 3.63) is 59.7 Å². The number of likely N-dealkylation sites (tertiary alicyclic amines) is 1. The smallest absolute Gasteiger partial charge is 0.230 e. The van der Waals surface area contributed by atoms with Crippen LogP contribution in [0.5, 0.6) is 11.5 Å². The fourth-order valence-electron chi connectivity index (χ4n) is 3.62. The highest BCUT2D eigenvalue weighted by Gasteiger charge is 2.34. The minimum Gasteiger partial charge on any atom is -0.457 e. The molecule has 5 heteroatoms. The molecule has 0 unspecified atom stereocenters. The van der Waals surface area contributed by atoms with Gasteiger partial charge in [0.05, 0.1) is 5.60 Å². The summed E-state index contributed by atoms with van der Waals surface area (Å²) in [6, 6.07) is 15.1. The van der Waals surface area contributed by atoms with E-state index in [2.05, 4.69) is 4.90 Å². The molecule has 26 heavy (non-hydrogen) atoms. The summed E-state index contributed by atoms with van der Waals surface area (Å²) in [5.74, 6) is 1.71. The minimum absolute atomic E-state index is 0.00923. The summed E-state index contributed by atoms with van der Waals surface area (Å²) in [6.45, 7) is 2.56. The minimum atomic E-state index is -0.911. The van der Waals surface area contributed by atoms with Crippen LogP contribution in [0.4, 0.5) is 0 Å². The molecule has 0 aromatic heterocycles. The number of piperidine rings is 1. The first-order valence-electron chi connectivity index (χ1n) is 9.03.